The van der Waals surface area contributed by atoms with Gasteiger partial charge < -0.3 is 20.4 Å². The van der Waals surface area contributed by atoms with Crippen molar-refractivity contribution < 1.29 is 31.8 Å². The van der Waals surface area contributed by atoms with Gasteiger partial charge >= 0.3 is 16.8 Å². The van der Waals surface area contributed by atoms with Crippen LogP contribution in [0.3, 0.4) is 0 Å². The largest absolute Gasteiger partial charge is 2.00 e. The van der Waals surface area contributed by atoms with E-state index in [0.29, 0.717) is 0 Å². The zero-order chi connectivity index (χ0) is 9.11. The number of carboxylic acid groups (broad SMARTS) is 2. The number of rotatable bonds is 4. The van der Waals surface area contributed by atoms with Gasteiger partial charge in [0.15, 0.2) is 0 Å². The molecule has 1 radical (unpaired) electrons. The Labute approximate surface area is 82.7 Å². The second kappa shape index (κ2) is 16.8. The van der Waals surface area contributed by atoms with Crippen molar-refractivity contribution in [2.45, 2.75) is 32.6 Å². The number of hydrogen-bond acceptors (Lipinski definition) is 4. The summed E-state index contributed by atoms with van der Waals surface area (Å²) in [6.07, 6.45) is 3.84. The van der Waals surface area contributed by atoms with E-state index in [-0.39, 0.29) is 16.8 Å². The fourth-order valence-corrected chi connectivity index (χ4v) is 0.496. The van der Waals surface area contributed by atoms with Crippen molar-refractivity contribution in [2.24, 2.45) is 0 Å². The molecule has 0 aromatic heterocycles. The van der Waals surface area contributed by atoms with Crippen molar-refractivity contribution in [3.63, 3.8) is 0 Å². The Morgan fingerprint density at radius 3 is 2.08 bits per heavy atom. The molecule has 0 saturated carbocycles. The van der Waals surface area contributed by atoms with Crippen LogP contribution in [0.4, 0.5) is 4.79 Å². The van der Waals surface area contributed by atoms with Crippen LogP contribution < -0.4 is 10.2 Å². The molecule has 0 fully saturated rings. The standard InChI is InChI=1S/C6H13N.CH2O3.Co/c1-2-3-4-5-6-7;2-1(3)4;/h6-7H,2-5H2,1H3;(H2,2,3,4);/q;;+2/p-2. The maximum atomic E-state index is 8.33. The third-order valence-electron chi connectivity index (χ3n) is 0.952. The van der Waals surface area contributed by atoms with Crippen LogP contribution in [-0.4, -0.2) is 12.4 Å². The second-order valence-electron chi connectivity index (χ2n) is 1.95. The molecule has 0 bridgehead atoms. The van der Waals surface area contributed by atoms with Gasteiger partial charge in [0, 0.05) is 0 Å². The summed E-state index contributed by atoms with van der Waals surface area (Å²) in [4.78, 5) is 8.33. The summed E-state index contributed by atoms with van der Waals surface area (Å²) in [5.74, 6) is 0. The van der Waals surface area contributed by atoms with Crippen LogP contribution in [0.2, 0.25) is 0 Å². The third kappa shape index (κ3) is 56.7. The molecule has 4 nitrogen and oxygen atoms in total. The first-order valence-electron chi connectivity index (χ1n) is 3.52. The zero-order valence-corrected chi connectivity index (χ0v) is 8.00. The number of nitrogens with one attached hydrogen (secondary N) is 1. The molecule has 0 spiro atoms. The van der Waals surface area contributed by atoms with Crippen LogP contribution in [-0.2, 0) is 16.8 Å². The van der Waals surface area contributed by atoms with Gasteiger partial charge in [0.25, 0.3) is 0 Å². The maximum absolute atomic E-state index is 8.33. The summed E-state index contributed by atoms with van der Waals surface area (Å²) in [5.41, 5.74) is 0. The molecule has 5 heteroatoms. The first-order chi connectivity index (χ1) is 5.15. The van der Waals surface area contributed by atoms with E-state index in [1.807, 2.05) is 0 Å². The molecule has 0 heterocycles. The minimum Gasteiger partial charge on any atom is -0.652 e. The quantitative estimate of drug-likeness (QED) is 0.522. The topological polar surface area (TPSA) is 87.0 Å². The number of carbonyl (C=O) groups excluding carboxylic acids is 1. The molecule has 0 amide bonds. The van der Waals surface area contributed by atoms with Gasteiger partial charge in [-0.2, -0.15) is 0 Å². The molecule has 0 atom stereocenters. The fraction of sp³-hybridized carbons (Fsp3) is 0.714. The predicted molar refractivity (Wildman–Crippen MR) is 38.3 cm³/mol. The summed E-state index contributed by atoms with van der Waals surface area (Å²) in [5, 5.41) is 23.3. The molecule has 0 saturated heterocycles. The minimum atomic E-state index is -2.33. The van der Waals surface area contributed by atoms with Crippen molar-refractivity contribution in [1.82, 2.24) is 0 Å². The first-order valence-corrected chi connectivity index (χ1v) is 3.52. The predicted octanol–water partition coefficient (Wildman–Crippen LogP) is -0.233. The van der Waals surface area contributed by atoms with E-state index in [1.54, 1.807) is 0 Å². The molecule has 1 N–H and O–H groups in total. The molecular formula is C7H13CoNO3. The number of carbonyl (C=O) groups is 1. The van der Waals surface area contributed by atoms with Gasteiger partial charge in [0.2, 0.25) is 0 Å². The maximum Gasteiger partial charge on any atom is 2.00 e. The molecule has 0 aromatic carbocycles. The summed E-state index contributed by atoms with van der Waals surface area (Å²) in [6, 6.07) is 0. The summed E-state index contributed by atoms with van der Waals surface area (Å²) in [6.45, 7) is 2.17. The van der Waals surface area contributed by atoms with Crippen LogP contribution in [0.5, 0.6) is 0 Å². The molecule has 12 heavy (non-hydrogen) atoms. The average molecular weight is 218 g/mol. The Bertz CT molecular complexity index is 105. The molecule has 0 aliphatic heterocycles. The van der Waals surface area contributed by atoms with Crippen LogP contribution >= 0.6 is 0 Å². The SMILES string of the molecule is CCCCCC=N.O=C([O-])[O-].[Co+2]. The number of hydrogen-bond donors (Lipinski definition) is 1. The Hall–Kier alpha value is -0.554. The van der Waals surface area contributed by atoms with E-state index in [0.717, 1.165) is 6.42 Å². The van der Waals surface area contributed by atoms with E-state index in [9.17, 15) is 0 Å². The van der Waals surface area contributed by atoms with Crippen molar-refractivity contribution in [3.8, 4) is 0 Å². The van der Waals surface area contributed by atoms with Gasteiger partial charge in [-0.15, -0.1) is 0 Å². The first kappa shape index (κ1) is 17.5. The van der Waals surface area contributed by atoms with Crippen LogP contribution in [0.15, 0.2) is 0 Å². The average Bonchev–Trinajstić information content (AvgIpc) is 1.88. The van der Waals surface area contributed by atoms with Gasteiger partial charge in [-0.25, -0.2) is 0 Å². The monoisotopic (exact) mass is 218 g/mol. The smallest absolute Gasteiger partial charge is 0.652 e. The zero-order valence-electron chi connectivity index (χ0n) is 6.96. The Morgan fingerprint density at radius 2 is 1.83 bits per heavy atom. The van der Waals surface area contributed by atoms with Gasteiger partial charge in [0.1, 0.15) is 0 Å². The van der Waals surface area contributed by atoms with Crippen LogP contribution in [0.1, 0.15) is 32.6 Å². The molecule has 73 valence electrons. The number of unbranched alkanes of at least 4 members (excludes halogenated alkanes) is 3. The normalized spacial score (nSPS) is 7.08. The minimum absolute atomic E-state index is 0. The summed E-state index contributed by atoms with van der Waals surface area (Å²) < 4.78 is 0. The van der Waals surface area contributed by atoms with Gasteiger partial charge in [-0.05, 0) is 25.2 Å². The molecule has 0 unspecified atom stereocenters. The summed E-state index contributed by atoms with van der Waals surface area (Å²) >= 11 is 0. The van der Waals surface area contributed by atoms with Crippen LogP contribution in [0.25, 0.3) is 0 Å². The Morgan fingerprint density at radius 1 is 1.42 bits per heavy atom. The molecular weight excluding hydrogens is 205 g/mol. The summed E-state index contributed by atoms with van der Waals surface area (Å²) in [7, 11) is 0. The van der Waals surface area contributed by atoms with Gasteiger partial charge in [0.05, 0.1) is 0 Å². The van der Waals surface area contributed by atoms with Gasteiger partial charge in [-0.3, -0.25) is 0 Å². The molecule has 0 aromatic rings. The molecule has 0 aliphatic rings. The van der Waals surface area contributed by atoms with Crippen molar-refractivity contribution in [2.75, 3.05) is 0 Å². The molecule has 0 rings (SSSR count). The van der Waals surface area contributed by atoms with E-state index in [2.05, 4.69) is 6.92 Å². The van der Waals surface area contributed by atoms with Crippen molar-refractivity contribution >= 4 is 12.4 Å². The second-order valence-corrected chi connectivity index (χ2v) is 1.95. The fourth-order valence-electron chi connectivity index (χ4n) is 0.496. The van der Waals surface area contributed by atoms with Crippen LogP contribution in [0, 0.1) is 5.41 Å². The third-order valence-corrected chi connectivity index (χ3v) is 0.952. The van der Waals surface area contributed by atoms with E-state index in [4.69, 9.17) is 20.4 Å². The van der Waals surface area contributed by atoms with E-state index < -0.39 is 6.16 Å². The van der Waals surface area contributed by atoms with Crippen molar-refractivity contribution in [3.05, 3.63) is 0 Å². The van der Waals surface area contributed by atoms with Crippen molar-refractivity contribution in [1.29, 1.82) is 5.41 Å². The van der Waals surface area contributed by atoms with Gasteiger partial charge in [-0.1, -0.05) is 19.8 Å². The van der Waals surface area contributed by atoms with E-state index >= 15 is 0 Å². The van der Waals surface area contributed by atoms with E-state index in [1.165, 1.54) is 25.5 Å². The Balaban J connectivity index is -0.000000142. The molecule has 0 aliphatic carbocycles. The Kier molecular flexibility index (Phi) is 24.5.